The van der Waals surface area contributed by atoms with Crippen molar-refractivity contribution in [2.75, 3.05) is 6.54 Å². The lowest BCUT2D eigenvalue weighted by Gasteiger charge is -2.18. The molecule has 2 aromatic rings. The van der Waals surface area contributed by atoms with Crippen molar-refractivity contribution in [3.05, 3.63) is 64.7 Å². The second kappa shape index (κ2) is 7.36. The predicted octanol–water partition coefficient (Wildman–Crippen LogP) is 4.16. The Balaban J connectivity index is 2.16. The fraction of sp³-hybridized carbons (Fsp3) is 0.312. The normalized spacial score (nSPS) is 12.3. The van der Waals surface area contributed by atoms with E-state index < -0.39 is 0 Å². The molecule has 0 saturated carbocycles. The van der Waals surface area contributed by atoms with Gasteiger partial charge in [-0.25, -0.2) is 4.39 Å². The molecule has 1 aromatic heterocycles. The highest BCUT2D eigenvalue weighted by molar-refractivity contribution is 6.30. The lowest BCUT2D eigenvalue weighted by molar-refractivity contribution is 0.516. The quantitative estimate of drug-likeness (QED) is 0.865. The van der Waals surface area contributed by atoms with Gasteiger partial charge in [-0.1, -0.05) is 30.7 Å². The van der Waals surface area contributed by atoms with Crippen LogP contribution in [-0.2, 0) is 6.42 Å². The van der Waals surface area contributed by atoms with Crippen molar-refractivity contribution >= 4 is 11.6 Å². The molecule has 1 aromatic carbocycles. The van der Waals surface area contributed by atoms with Crippen molar-refractivity contribution in [2.45, 2.75) is 25.8 Å². The smallest absolute Gasteiger partial charge is 0.123 e. The minimum Gasteiger partial charge on any atom is -0.308 e. The van der Waals surface area contributed by atoms with Gasteiger partial charge >= 0.3 is 0 Å². The van der Waals surface area contributed by atoms with Gasteiger partial charge in [0.15, 0.2) is 0 Å². The number of aromatic nitrogens is 1. The van der Waals surface area contributed by atoms with Crippen LogP contribution in [0.15, 0.2) is 42.6 Å². The van der Waals surface area contributed by atoms with E-state index in [4.69, 9.17) is 11.6 Å². The summed E-state index contributed by atoms with van der Waals surface area (Å²) < 4.78 is 13.3. The van der Waals surface area contributed by atoms with Crippen LogP contribution in [0.2, 0.25) is 5.02 Å². The van der Waals surface area contributed by atoms with Crippen LogP contribution in [0.1, 0.15) is 30.6 Å². The minimum atomic E-state index is -0.208. The highest BCUT2D eigenvalue weighted by Gasteiger charge is 2.13. The van der Waals surface area contributed by atoms with Crippen molar-refractivity contribution in [3.63, 3.8) is 0 Å². The zero-order valence-corrected chi connectivity index (χ0v) is 12.2. The second-order valence-corrected chi connectivity index (χ2v) is 5.18. The van der Waals surface area contributed by atoms with Crippen LogP contribution in [-0.4, -0.2) is 11.5 Å². The van der Waals surface area contributed by atoms with E-state index in [9.17, 15) is 4.39 Å². The lowest BCUT2D eigenvalue weighted by Crippen LogP contribution is -2.25. The third kappa shape index (κ3) is 4.29. The highest BCUT2D eigenvalue weighted by Crippen LogP contribution is 2.19. The summed E-state index contributed by atoms with van der Waals surface area (Å²) in [6, 6.07) is 10.5. The molecule has 2 rings (SSSR count). The molecule has 0 radical (unpaired) electrons. The first-order chi connectivity index (χ1) is 9.69. The van der Waals surface area contributed by atoms with Gasteiger partial charge in [0.2, 0.25) is 0 Å². The molecule has 0 aliphatic carbocycles. The number of benzene rings is 1. The number of pyridine rings is 1. The Morgan fingerprint density at radius 2 is 2.15 bits per heavy atom. The molecule has 0 aliphatic rings. The SMILES string of the molecule is CCCNC(Cc1cccc(F)c1)c1ccc(Cl)cn1. The Kier molecular flexibility index (Phi) is 5.50. The summed E-state index contributed by atoms with van der Waals surface area (Å²) in [7, 11) is 0. The van der Waals surface area contributed by atoms with Crippen LogP contribution in [0, 0.1) is 5.82 Å². The maximum Gasteiger partial charge on any atom is 0.123 e. The fourth-order valence-corrected chi connectivity index (χ4v) is 2.20. The predicted molar refractivity (Wildman–Crippen MR) is 80.4 cm³/mol. The van der Waals surface area contributed by atoms with E-state index in [-0.39, 0.29) is 11.9 Å². The van der Waals surface area contributed by atoms with Crippen LogP contribution in [0.5, 0.6) is 0 Å². The molecule has 106 valence electrons. The van der Waals surface area contributed by atoms with Crippen molar-refractivity contribution in [2.24, 2.45) is 0 Å². The van der Waals surface area contributed by atoms with Crippen molar-refractivity contribution < 1.29 is 4.39 Å². The molecule has 0 saturated heterocycles. The molecule has 1 N–H and O–H groups in total. The zero-order chi connectivity index (χ0) is 14.4. The first-order valence-electron chi connectivity index (χ1n) is 6.78. The van der Waals surface area contributed by atoms with Gasteiger partial charge in [-0.15, -0.1) is 0 Å². The van der Waals surface area contributed by atoms with E-state index in [1.165, 1.54) is 6.07 Å². The van der Waals surface area contributed by atoms with Crippen LogP contribution < -0.4 is 5.32 Å². The molecule has 0 bridgehead atoms. The molecule has 1 heterocycles. The van der Waals surface area contributed by atoms with Gasteiger partial charge in [0.25, 0.3) is 0 Å². The molecule has 0 amide bonds. The molecule has 20 heavy (non-hydrogen) atoms. The van der Waals surface area contributed by atoms with E-state index in [2.05, 4.69) is 17.2 Å². The fourth-order valence-electron chi connectivity index (χ4n) is 2.09. The third-order valence-electron chi connectivity index (χ3n) is 3.08. The average molecular weight is 293 g/mol. The van der Waals surface area contributed by atoms with Gasteiger partial charge in [0.05, 0.1) is 16.8 Å². The zero-order valence-electron chi connectivity index (χ0n) is 11.4. The molecular weight excluding hydrogens is 275 g/mol. The van der Waals surface area contributed by atoms with Gasteiger partial charge in [-0.05, 0) is 49.2 Å². The maximum atomic E-state index is 13.3. The van der Waals surface area contributed by atoms with Gasteiger partial charge in [0.1, 0.15) is 5.82 Å². The number of halogens is 2. The van der Waals surface area contributed by atoms with E-state index in [0.717, 1.165) is 24.2 Å². The molecule has 0 fully saturated rings. The summed E-state index contributed by atoms with van der Waals surface area (Å²) in [4.78, 5) is 4.36. The van der Waals surface area contributed by atoms with E-state index in [1.54, 1.807) is 18.3 Å². The van der Waals surface area contributed by atoms with Gasteiger partial charge in [0, 0.05) is 6.20 Å². The van der Waals surface area contributed by atoms with Gasteiger partial charge in [-0.3, -0.25) is 4.98 Å². The van der Waals surface area contributed by atoms with E-state index in [0.29, 0.717) is 11.4 Å². The van der Waals surface area contributed by atoms with Crippen LogP contribution in [0.25, 0.3) is 0 Å². The Hall–Kier alpha value is -1.45. The first kappa shape index (κ1) is 14.9. The van der Waals surface area contributed by atoms with Gasteiger partial charge < -0.3 is 5.32 Å². The Morgan fingerprint density at radius 1 is 1.30 bits per heavy atom. The second-order valence-electron chi connectivity index (χ2n) is 4.74. The monoisotopic (exact) mass is 292 g/mol. The number of hydrogen-bond donors (Lipinski definition) is 1. The van der Waals surface area contributed by atoms with Crippen LogP contribution in [0.4, 0.5) is 4.39 Å². The van der Waals surface area contributed by atoms with Crippen LogP contribution >= 0.6 is 11.6 Å². The van der Waals surface area contributed by atoms with Crippen molar-refractivity contribution in [1.82, 2.24) is 10.3 Å². The lowest BCUT2D eigenvalue weighted by atomic mass is 10.0. The number of hydrogen-bond acceptors (Lipinski definition) is 2. The molecule has 1 atom stereocenters. The van der Waals surface area contributed by atoms with Crippen molar-refractivity contribution in [1.29, 1.82) is 0 Å². The summed E-state index contributed by atoms with van der Waals surface area (Å²) in [5, 5.41) is 4.06. The number of nitrogens with one attached hydrogen (secondary N) is 1. The van der Waals surface area contributed by atoms with E-state index in [1.807, 2.05) is 18.2 Å². The standard InChI is InChI=1S/C16H18ClFN2/c1-2-8-19-16(15-7-6-13(17)11-20-15)10-12-4-3-5-14(18)9-12/h3-7,9,11,16,19H,2,8,10H2,1H3. The average Bonchev–Trinajstić information content (AvgIpc) is 2.44. The summed E-state index contributed by atoms with van der Waals surface area (Å²) in [5.74, 6) is -0.208. The molecular formula is C16H18ClFN2. The van der Waals surface area contributed by atoms with Crippen LogP contribution in [0.3, 0.4) is 0 Å². The summed E-state index contributed by atoms with van der Waals surface area (Å²) >= 11 is 5.87. The number of rotatable bonds is 6. The molecule has 2 nitrogen and oxygen atoms in total. The Labute approximate surface area is 124 Å². The summed E-state index contributed by atoms with van der Waals surface area (Å²) in [6.07, 6.45) is 3.38. The third-order valence-corrected chi connectivity index (χ3v) is 3.30. The number of nitrogens with zero attached hydrogens (tertiary/aromatic N) is 1. The Morgan fingerprint density at radius 3 is 2.80 bits per heavy atom. The summed E-state index contributed by atoms with van der Waals surface area (Å²) in [6.45, 7) is 3.01. The molecule has 0 spiro atoms. The summed E-state index contributed by atoms with van der Waals surface area (Å²) in [5.41, 5.74) is 1.88. The Bertz CT molecular complexity index is 542. The molecule has 0 aliphatic heterocycles. The van der Waals surface area contributed by atoms with Crippen molar-refractivity contribution in [3.8, 4) is 0 Å². The minimum absolute atomic E-state index is 0.0639. The first-order valence-corrected chi connectivity index (χ1v) is 7.16. The largest absolute Gasteiger partial charge is 0.308 e. The maximum absolute atomic E-state index is 13.3. The topological polar surface area (TPSA) is 24.9 Å². The molecule has 4 heteroatoms. The molecule has 1 unspecified atom stereocenters. The van der Waals surface area contributed by atoms with Gasteiger partial charge in [-0.2, -0.15) is 0 Å². The van der Waals surface area contributed by atoms with E-state index >= 15 is 0 Å². The highest BCUT2D eigenvalue weighted by atomic mass is 35.5.